The van der Waals surface area contributed by atoms with Crippen LogP contribution in [0.3, 0.4) is 0 Å². The first-order chi connectivity index (χ1) is 11.1. The van der Waals surface area contributed by atoms with Crippen molar-refractivity contribution in [3.63, 3.8) is 0 Å². The lowest BCUT2D eigenvalue weighted by atomic mass is 10.2. The SMILES string of the molecule is COc1ccc(S(=O)(=O)NCC#Cc2ccccc2OC)cc1. The Morgan fingerprint density at radius 1 is 1.00 bits per heavy atom. The third-order valence-corrected chi connectivity index (χ3v) is 4.47. The zero-order valence-corrected chi connectivity index (χ0v) is 13.7. The zero-order chi connectivity index (χ0) is 16.7. The Bertz CT molecular complexity index is 818. The Labute approximate surface area is 136 Å². The van der Waals surface area contributed by atoms with Crippen LogP contribution in [-0.4, -0.2) is 29.2 Å². The predicted molar refractivity (Wildman–Crippen MR) is 88.1 cm³/mol. The van der Waals surface area contributed by atoms with Crippen LogP contribution in [0.5, 0.6) is 11.5 Å². The molecule has 0 saturated heterocycles. The maximum atomic E-state index is 12.1. The summed E-state index contributed by atoms with van der Waals surface area (Å²) >= 11 is 0. The van der Waals surface area contributed by atoms with E-state index in [2.05, 4.69) is 16.6 Å². The van der Waals surface area contributed by atoms with Gasteiger partial charge in [-0.25, -0.2) is 8.42 Å². The maximum absolute atomic E-state index is 12.1. The van der Waals surface area contributed by atoms with Gasteiger partial charge in [-0.15, -0.1) is 0 Å². The lowest BCUT2D eigenvalue weighted by Gasteiger charge is -2.05. The van der Waals surface area contributed by atoms with Gasteiger partial charge in [-0.3, -0.25) is 0 Å². The van der Waals surface area contributed by atoms with Crippen LogP contribution in [0.15, 0.2) is 53.4 Å². The molecule has 0 radical (unpaired) electrons. The van der Waals surface area contributed by atoms with Gasteiger partial charge in [0.1, 0.15) is 11.5 Å². The van der Waals surface area contributed by atoms with E-state index < -0.39 is 10.0 Å². The Morgan fingerprint density at radius 2 is 1.70 bits per heavy atom. The Hall–Kier alpha value is -2.49. The van der Waals surface area contributed by atoms with E-state index in [0.717, 1.165) is 0 Å². The van der Waals surface area contributed by atoms with Gasteiger partial charge in [-0.2, -0.15) is 4.72 Å². The molecule has 0 bridgehead atoms. The van der Waals surface area contributed by atoms with Gasteiger partial charge in [0, 0.05) is 0 Å². The number of nitrogens with one attached hydrogen (secondary N) is 1. The summed E-state index contributed by atoms with van der Waals surface area (Å²) in [7, 11) is -0.509. The molecular weight excluding hydrogens is 314 g/mol. The maximum Gasteiger partial charge on any atom is 0.241 e. The molecule has 23 heavy (non-hydrogen) atoms. The molecule has 0 heterocycles. The molecule has 5 nitrogen and oxygen atoms in total. The largest absolute Gasteiger partial charge is 0.497 e. The summed E-state index contributed by atoms with van der Waals surface area (Å²) in [5, 5.41) is 0. The highest BCUT2D eigenvalue weighted by molar-refractivity contribution is 7.89. The number of sulfonamides is 1. The van der Waals surface area contributed by atoms with Crippen LogP contribution in [0.25, 0.3) is 0 Å². The third-order valence-electron chi connectivity index (χ3n) is 3.05. The minimum Gasteiger partial charge on any atom is -0.497 e. The minimum absolute atomic E-state index is 0.00636. The molecule has 2 aromatic carbocycles. The van der Waals surface area contributed by atoms with E-state index in [4.69, 9.17) is 9.47 Å². The topological polar surface area (TPSA) is 64.6 Å². The summed E-state index contributed by atoms with van der Waals surface area (Å²) in [5.41, 5.74) is 0.707. The first-order valence-electron chi connectivity index (χ1n) is 6.82. The molecule has 2 aromatic rings. The summed E-state index contributed by atoms with van der Waals surface area (Å²) in [6, 6.07) is 13.4. The summed E-state index contributed by atoms with van der Waals surface area (Å²) in [5.74, 6) is 6.91. The molecule has 0 aliphatic heterocycles. The van der Waals surface area contributed by atoms with Gasteiger partial charge in [0.05, 0.1) is 31.2 Å². The average Bonchev–Trinajstić information content (AvgIpc) is 2.59. The van der Waals surface area contributed by atoms with Crippen molar-refractivity contribution >= 4 is 10.0 Å². The molecular formula is C17H17NO4S. The van der Waals surface area contributed by atoms with Gasteiger partial charge in [0.25, 0.3) is 0 Å². The molecule has 0 fully saturated rings. The van der Waals surface area contributed by atoms with Gasteiger partial charge < -0.3 is 9.47 Å². The summed E-state index contributed by atoms with van der Waals surface area (Å²) in [6.45, 7) is 0.00636. The fraction of sp³-hybridized carbons (Fsp3) is 0.176. The molecule has 0 amide bonds. The monoisotopic (exact) mass is 331 g/mol. The summed E-state index contributed by atoms with van der Waals surface area (Å²) in [4.78, 5) is 0.164. The van der Waals surface area contributed by atoms with Gasteiger partial charge in [-0.05, 0) is 36.4 Å². The Morgan fingerprint density at radius 3 is 2.35 bits per heavy atom. The van der Waals surface area contributed by atoms with Crippen LogP contribution in [-0.2, 0) is 10.0 Å². The molecule has 6 heteroatoms. The van der Waals surface area contributed by atoms with Crippen LogP contribution in [0.2, 0.25) is 0 Å². The van der Waals surface area contributed by atoms with E-state index in [1.165, 1.54) is 19.2 Å². The molecule has 0 aromatic heterocycles. The van der Waals surface area contributed by atoms with Crippen molar-refractivity contribution in [3.05, 3.63) is 54.1 Å². The van der Waals surface area contributed by atoms with Crippen molar-refractivity contribution in [3.8, 4) is 23.3 Å². The lowest BCUT2D eigenvalue weighted by Crippen LogP contribution is -2.23. The predicted octanol–water partition coefficient (Wildman–Crippen LogP) is 2.03. The molecule has 1 N–H and O–H groups in total. The van der Waals surface area contributed by atoms with Crippen molar-refractivity contribution in [2.24, 2.45) is 0 Å². The highest BCUT2D eigenvalue weighted by Gasteiger charge is 2.12. The van der Waals surface area contributed by atoms with E-state index in [1.54, 1.807) is 25.3 Å². The first kappa shape index (κ1) is 16.9. The highest BCUT2D eigenvalue weighted by atomic mass is 32.2. The van der Waals surface area contributed by atoms with Gasteiger partial charge in [0.2, 0.25) is 10.0 Å². The standard InChI is InChI=1S/C17H17NO4S/c1-21-15-9-11-16(12-10-15)23(19,20)18-13-5-7-14-6-3-4-8-17(14)22-2/h3-4,6,8-12,18H,13H2,1-2H3. The first-order valence-corrected chi connectivity index (χ1v) is 8.31. The number of methoxy groups -OCH3 is 2. The fourth-order valence-electron chi connectivity index (χ4n) is 1.86. The Kier molecular flexibility index (Phi) is 5.63. The number of benzene rings is 2. The zero-order valence-electron chi connectivity index (χ0n) is 12.9. The van der Waals surface area contributed by atoms with Gasteiger partial charge in [0.15, 0.2) is 0 Å². The quantitative estimate of drug-likeness (QED) is 0.852. The number of hydrogen-bond acceptors (Lipinski definition) is 4. The molecule has 0 unspecified atom stereocenters. The number of hydrogen-bond donors (Lipinski definition) is 1. The average molecular weight is 331 g/mol. The molecule has 0 atom stereocenters. The fourth-order valence-corrected chi connectivity index (χ4v) is 2.78. The van der Waals surface area contributed by atoms with Crippen LogP contribution in [0.4, 0.5) is 0 Å². The van der Waals surface area contributed by atoms with Crippen molar-refractivity contribution in [1.29, 1.82) is 0 Å². The smallest absolute Gasteiger partial charge is 0.241 e. The van der Waals surface area contributed by atoms with Crippen molar-refractivity contribution in [2.75, 3.05) is 20.8 Å². The molecule has 0 aliphatic rings. The van der Waals surface area contributed by atoms with Crippen molar-refractivity contribution < 1.29 is 17.9 Å². The highest BCUT2D eigenvalue weighted by Crippen LogP contribution is 2.16. The normalized spacial score (nSPS) is 10.5. The summed E-state index contributed by atoms with van der Waals surface area (Å²) < 4.78 is 36.9. The van der Waals surface area contributed by atoms with E-state index in [9.17, 15) is 8.42 Å². The minimum atomic E-state index is -3.59. The number of para-hydroxylation sites is 1. The van der Waals surface area contributed by atoms with Crippen LogP contribution >= 0.6 is 0 Å². The van der Waals surface area contributed by atoms with E-state index >= 15 is 0 Å². The van der Waals surface area contributed by atoms with E-state index in [0.29, 0.717) is 17.1 Å². The van der Waals surface area contributed by atoms with Crippen LogP contribution in [0.1, 0.15) is 5.56 Å². The lowest BCUT2D eigenvalue weighted by molar-refractivity contribution is 0.413. The second-order valence-corrected chi connectivity index (χ2v) is 6.27. The van der Waals surface area contributed by atoms with Gasteiger partial charge >= 0.3 is 0 Å². The Balaban J connectivity index is 2.04. The van der Waals surface area contributed by atoms with Crippen molar-refractivity contribution in [1.82, 2.24) is 4.72 Å². The van der Waals surface area contributed by atoms with Gasteiger partial charge in [-0.1, -0.05) is 24.0 Å². The van der Waals surface area contributed by atoms with E-state index in [-0.39, 0.29) is 11.4 Å². The van der Waals surface area contributed by atoms with Crippen LogP contribution in [0, 0.1) is 11.8 Å². The van der Waals surface area contributed by atoms with Crippen LogP contribution < -0.4 is 14.2 Å². The molecule has 120 valence electrons. The summed E-state index contributed by atoms with van der Waals surface area (Å²) in [6.07, 6.45) is 0. The number of rotatable bonds is 5. The third kappa shape index (κ3) is 4.49. The second-order valence-electron chi connectivity index (χ2n) is 4.50. The van der Waals surface area contributed by atoms with E-state index in [1.807, 2.05) is 18.2 Å². The molecule has 0 aliphatic carbocycles. The molecule has 0 spiro atoms. The van der Waals surface area contributed by atoms with Crippen molar-refractivity contribution in [2.45, 2.75) is 4.90 Å². The molecule has 0 saturated carbocycles. The number of ether oxygens (including phenoxy) is 2. The second kappa shape index (κ2) is 7.68. The molecule has 2 rings (SSSR count).